The van der Waals surface area contributed by atoms with Crippen LogP contribution in [0.2, 0.25) is 5.02 Å². The summed E-state index contributed by atoms with van der Waals surface area (Å²) >= 11 is 5.74. The molecule has 5 heteroatoms. The van der Waals surface area contributed by atoms with Gasteiger partial charge in [0.15, 0.2) is 0 Å². The predicted molar refractivity (Wildman–Crippen MR) is 62.4 cm³/mol. The molecule has 1 aliphatic rings. The molecule has 90 valence electrons. The second kappa shape index (κ2) is 5.19. The van der Waals surface area contributed by atoms with Gasteiger partial charge in [-0.15, -0.1) is 0 Å². The van der Waals surface area contributed by atoms with E-state index in [1.54, 1.807) is 24.3 Å². The van der Waals surface area contributed by atoms with Gasteiger partial charge in [-0.05, 0) is 24.1 Å². The fourth-order valence-corrected chi connectivity index (χ4v) is 1.75. The Balaban J connectivity index is 1.84. The van der Waals surface area contributed by atoms with Gasteiger partial charge in [-0.3, -0.25) is 4.79 Å². The molecule has 2 rings (SSSR count). The van der Waals surface area contributed by atoms with E-state index in [-0.39, 0.29) is 18.5 Å². The Morgan fingerprint density at radius 2 is 2.12 bits per heavy atom. The second-order valence-electron chi connectivity index (χ2n) is 3.89. The van der Waals surface area contributed by atoms with Crippen molar-refractivity contribution < 1.29 is 14.3 Å². The molecule has 1 aromatic rings. The van der Waals surface area contributed by atoms with Crippen LogP contribution in [0.25, 0.3) is 0 Å². The van der Waals surface area contributed by atoms with Crippen molar-refractivity contribution in [2.24, 2.45) is 0 Å². The van der Waals surface area contributed by atoms with Gasteiger partial charge in [-0.1, -0.05) is 23.7 Å². The zero-order valence-corrected chi connectivity index (χ0v) is 9.87. The molecule has 1 amide bonds. The van der Waals surface area contributed by atoms with Crippen molar-refractivity contribution in [3.05, 3.63) is 34.9 Å². The summed E-state index contributed by atoms with van der Waals surface area (Å²) < 4.78 is 5.10. The molecule has 17 heavy (non-hydrogen) atoms. The summed E-state index contributed by atoms with van der Waals surface area (Å²) in [5.41, 5.74) is 0.868. The van der Waals surface area contributed by atoms with E-state index in [9.17, 15) is 9.59 Å². The molecular formula is C12H12ClNO3. The Morgan fingerprint density at radius 3 is 2.71 bits per heavy atom. The Labute approximate surface area is 104 Å². The fraction of sp³-hybridized carbons (Fsp3) is 0.333. The largest absolute Gasteiger partial charge is 0.459 e. The molecule has 1 saturated heterocycles. The van der Waals surface area contributed by atoms with Crippen LogP contribution >= 0.6 is 11.6 Å². The van der Waals surface area contributed by atoms with E-state index in [1.165, 1.54) is 0 Å². The molecule has 0 radical (unpaired) electrons. The van der Waals surface area contributed by atoms with Gasteiger partial charge in [0.05, 0.1) is 0 Å². The molecule has 1 atom stereocenters. The molecule has 0 bridgehead atoms. The van der Waals surface area contributed by atoms with Crippen molar-refractivity contribution in [2.75, 3.05) is 0 Å². The molecule has 0 aliphatic carbocycles. The van der Waals surface area contributed by atoms with Crippen LogP contribution in [0.3, 0.4) is 0 Å². The average Bonchev–Trinajstić information content (AvgIpc) is 2.75. The maximum Gasteiger partial charge on any atom is 0.328 e. The maximum absolute atomic E-state index is 11.6. The molecule has 4 nitrogen and oxygen atoms in total. The van der Waals surface area contributed by atoms with Crippen molar-refractivity contribution >= 4 is 23.5 Å². The van der Waals surface area contributed by atoms with Gasteiger partial charge in [0, 0.05) is 11.4 Å². The number of carbonyl (C=O) groups excluding carboxylic acids is 2. The van der Waals surface area contributed by atoms with Crippen LogP contribution in [0.5, 0.6) is 0 Å². The summed E-state index contributed by atoms with van der Waals surface area (Å²) in [5.74, 6) is -0.482. The first-order valence-electron chi connectivity index (χ1n) is 5.35. The number of hydrogen-bond acceptors (Lipinski definition) is 3. The van der Waals surface area contributed by atoms with E-state index in [2.05, 4.69) is 5.32 Å². The first-order valence-corrected chi connectivity index (χ1v) is 5.73. The highest BCUT2D eigenvalue weighted by atomic mass is 35.5. The molecule has 1 fully saturated rings. The van der Waals surface area contributed by atoms with E-state index in [0.29, 0.717) is 17.9 Å². The normalized spacial score (nSPS) is 18.9. The SMILES string of the molecule is O=C1CC[C@@H](C(=O)OCc2ccc(Cl)cc2)N1. The Hall–Kier alpha value is -1.55. The van der Waals surface area contributed by atoms with Crippen molar-refractivity contribution in [2.45, 2.75) is 25.5 Å². The molecule has 1 aromatic carbocycles. The van der Waals surface area contributed by atoms with Crippen LogP contribution < -0.4 is 5.32 Å². The van der Waals surface area contributed by atoms with Crippen molar-refractivity contribution in [1.29, 1.82) is 0 Å². The summed E-state index contributed by atoms with van der Waals surface area (Å²) in [6, 6.07) is 6.57. The molecule has 0 saturated carbocycles. The standard InChI is InChI=1S/C12H12ClNO3/c13-9-3-1-8(2-4-9)7-17-12(16)10-5-6-11(15)14-10/h1-4,10H,5-7H2,(H,14,15)/t10-/m0/s1. The van der Waals surface area contributed by atoms with Crippen molar-refractivity contribution in [3.63, 3.8) is 0 Å². The molecule has 0 spiro atoms. The van der Waals surface area contributed by atoms with Crippen LogP contribution in [0.1, 0.15) is 18.4 Å². The van der Waals surface area contributed by atoms with Crippen LogP contribution in [0.15, 0.2) is 24.3 Å². The highest BCUT2D eigenvalue weighted by Crippen LogP contribution is 2.12. The van der Waals surface area contributed by atoms with E-state index in [0.717, 1.165) is 5.56 Å². The first kappa shape index (κ1) is 11.9. The number of halogens is 1. The zero-order valence-electron chi connectivity index (χ0n) is 9.11. The number of benzene rings is 1. The van der Waals surface area contributed by atoms with E-state index in [1.807, 2.05) is 0 Å². The number of esters is 1. The van der Waals surface area contributed by atoms with Gasteiger partial charge in [-0.25, -0.2) is 4.79 Å². The third-order valence-corrected chi connectivity index (χ3v) is 2.83. The van der Waals surface area contributed by atoms with Crippen molar-refractivity contribution in [1.82, 2.24) is 5.32 Å². The minimum Gasteiger partial charge on any atom is -0.459 e. The Kier molecular flexibility index (Phi) is 3.64. The number of nitrogens with one attached hydrogen (secondary N) is 1. The molecule has 1 aliphatic heterocycles. The van der Waals surface area contributed by atoms with Gasteiger partial charge >= 0.3 is 5.97 Å². The summed E-state index contributed by atoms with van der Waals surface area (Å²) in [6.07, 6.45) is 0.902. The van der Waals surface area contributed by atoms with Gasteiger partial charge in [0.25, 0.3) is 0 Å². The summed E-state index contributed by atoms with van der Waals surface area (Å²) in [6.45, 7) is 0.197. The fourth-order valence-electron chi connectivity index (χ4n) is 1.63. The summed E-state index contributed by atoms with van der Waals surface area (Å²) in [4.78, 5) is 22.5. The third-order valence-electron chi connectivity index (χ3n) is 2.57. The van der Waals surface area contributed by atoms with E-state index >= 15 is 0 Å². The predicted octanol–water partition coefficient (Wildman–Crippen LogP) is 1.66. The number of ether oxygens (including phenoxy) is 1. The summed E-state index contributed by atoms with van der Waals surface area (Å²) in [7, 11) is 0. The van der Waals surface area contributed by atoms with Gasteiger partial charge < -0.3 is 10.1 Å². The lowest BCUT2D eigenvalue weighted by atomic mass is 10.2. The number of hydrogen-bond donors (Lipinski definition) is 1. The lowest BCUT2D eigenvalue weighted by Crippen LogP contribution is -2.34. The Morgan fingerprint density at radius 1 is 1.41 bits per heavy atom. The van der Waals surface area contributed by atoms with Crippen LogP contribution in [0.4, 0.5) is 0 Å². The molecule has 1 heterocycles. The second-order valence-corrected chi connectivity index (χ2v) is 4.33. The lowest BCUT2D eigenvalue weighted by molar-refractivity contribution is -0.147. The molecule has 0 unspecified atom stereocenters. The average molecular weight is 254 g/mol. The van der Waals surface area contributed by atoms with Crippen LogP contribution in [0, 0.1) is 0 Å². The highest BCUT2D eigenvalue weighted by Gasteiger charge is 2.28. The van der Waals surface area contributed by atoms with E-state index in [4.69, 9.17) is 16.3 Å². The zero-order chi connectivity index (χ0) is 12.3. The minimum atomic E-state index is -0.491. The monoisotopic (exact) mass is 253 g/mol. The molecule has 0 aromatic heterocycles. The van der Waals surface area contributed by atoms with Gasteiger partial charge in [0.2, 0.25) is 5.91 Å². The van der Waals surface area contributed by atoms with Crippen LogP contribution in [-0.2, 0) is 20.9 Å². The maximum atomic E-state index is 11.6. The smallest absolute Gasteiger partial charge is 0.328 e. The van der Waals surface area contributed by atoms with E-state index < -0.39 is 6.04 Å². The van der Waals surface area contributed by atoms with Crippen molar-refractivity contribution in [3.8, 4) is 0 Å². The Bertz CT molecular complexity index is 430. The molecule has 1 N–H and O–H groups in total. The third kappa shape index (κ3) is 3.20. The molecular weight excluding hydrogens is 242 g/mol. The minimum absolute atomic E-state index is 0.0987. The summed E-state index contributed by atoms with van der Waals surface area (Å²) in [5, 5.41) is 3.21. The highest BCUT2D eigenvalue weighted by molar-refractivity contribution is 6.30. The van der Waals surface area contributed by atoms with Gasteiger partial charge in [-0.2, -0.15) is 0 Å². The quantitative estimate of drug-likeness (QED) is 0.834. The lowest BCUT2D eigenvalue weighted by Gasteiger charge is -2.10. The van der Waals surface area contributed by atoms with Crippen LogP contribution in [-0.4, -0.2) is 17.9 Å². The van der Waals surface area contributed by atoms with Gasteiger partial charge in [0.1, 0.15) is 12.6 Å². The number of rotatable bonds is 3. The number of amides is 1. The topological polar surface area (TPSA) is 55.4 Å². The first-order chi connectivity index (χ1) is 8.15. The number of carbonyl (C=O) groups is 2.